The second-order valence-electron chi connectivity index (χ2n) is 5.56. The Kier molecular flexibility index (Phi) is 5.46. The van der Waals surface area contributed by atoms with E-state index < -0.39 is 31.0 Å². The minimum Gasteiger partial charge on any atom is -0.497 e. The lowest BCUT2D eigenvalue weighted by Gasteiger charge is -2.24. The van der Waals surface area contributed by atoms with Gasteiger partial charge in [0.1, 0.15) is 35.2 Å². The molecule has 140 valence electrons. The Hall–Kier alpha value is -2.15. The molecule has 0 saturated heterocycles. The van der Waals surface area contributed by atoms with E-state index >= 15 is 0 Å². The molecule has 3 rings (SSSR count). The van der Waals surface area contributed by atoms with Gasteiger partial charge in [-0.15, -0.1) is 10.2 Å². The van der Waals surface area contributed by atoms with Gasteiger partial charge in [0.05, 0.1) is 13.7 Å². The molecular weight excluding hydrogens is 364 g/mol. The number of ether oxygens (including phenoxy) is 1. The fourth-order valence-electron chi connectivity index (χ4n) is 2.34. The third kappa shape index (κ3) is 3.40. The van der Waals surface area contributed by atoms with E-state index in [-0.39, 0.29) is 5.01 Å². The number of rotatable bonds is 7. The predicted octanol–water partition coefficient (Wildman–Crippen LogP) is -1.03. The van der Waals surface area contributed by atoms with E-state index in [2.05, 4.69) is 15.3 Å². The lowest BCUT2D eigenvalue weighted by molar-refractivity contribution is -0.116. The highest BCUT2D eigenvalue weighted by Crippen LogP contribution is 2.28. The van der Waals surface area contributed by atoms with Crippen molar-refractivity contribution in [2.45, 2.75) is 24.4 Å². The number of hydrogen-bond donors (Lipinski definition) is 5. The minimum absolute atomic E-state index is 0.0846. The maximum Gasteiger partial charge on any atom is 0.235 e. The van der Waals surface area contributed by atoms with E-state index in [9.17, 15) is 20.4 Å². The molecule has 5 N–H and O–H groups in total. The summed E-state index contributed by atoms with van der Waals surface area (Å²) in [5, 5.41) is 60.5. The first-order valence-electron chi connectivity index (χ1n) is 7.66. The van der Waals surface area contributed by atoms with Crippen molar-refractivity contribution in [1.82, 2.24) is 19.8 Å². The number of aliphatic hydroxyl groups is 5. The van der Waals surface area contributed by atoms with Gasteiger partial charge in [-0.05, 0) is 24.3 Å². The predicted molar refractivity (Wildman–Crippen MR) is 90.7 cm³/mol. The van der Waals surface area contributed by atoms with Gasteiger partial charge in [-0.1, -0.05) is 11.3 Å². The van der Waals surface area contributed by atoms with Gasteiger partial charge in [-0.2, -0.15) is 9.61 Å². The molecule has 0 fully saturated rings. The monoisotopic (exact) mass is 382 g/mol. The topological polar surface area (TPSA) is 153 Å². The van der Waals surface area contributed by atoms with Gasteiger partial charge in [-0.25, -0.2) is 0 Å². The van der Waals surface area contributed by atoms with Gasteiger partial charge < -0.3 is 30.3 Å². The fourth-order valence-corrected chi connectivity index (χ4v) is 3.20. The van der Waals surface area contributed by atoms with Gasteiger partial charge >= 0.3 is 0 Å². The Bertz CT molecular complexity index is 867. The number of hydrogen-bond acceptors (Lipinski definition) is 10. The summed E-state index contributed by atoms with van der Waals surface area (Å²) < 4.78 is 6.52. The van der Waals surface area contributed by atoms with Crippen molar-refractivity contribution in [3.8, 4) is 17.1 Å². The highest BCUT2D eigenvalue weighted by molar-refractivity contribution is 7.16. The lowest BCUT2D eigenvalue weighted by atomic mass is 10.0. The zero-order valence-corrected chi connectivity index (χ0v) is 14.5. The molecule has 0 saturated carbocycles. The van der Waals surface area contributed by atoms with Crippen LogP contribution in [0, 0.1) is 0 Å². The SMILES string of the molecule is COc1ccc(-c2nnc3sc([C@H](O)[C@@H](O)[C@H](O)[C@H](O)CO)nn23)cc1. The molecule has 2 heterocycles. The minimum atomic E-state index is -1.73. The Morgan fingerprint density at radius 2 is 1.77 bits per heavy atom. The van der Waals surface area contributed by atoms with E-state index in [0.29, 0.717) is 16.5 Å². The highest BCUT2D eigenvalue weighted by atomic mass is 32.1. The van der Waals surface area contributed by atoms with Crippen molar-refractivity contribution in [3.63, 3.8) is 0 Å². The number of methoxy groups -OCH3 is 1. The average molecular weight is 382 g/mol. The van der Waals surface area contributed by atoms with Crippen LogP contribution in [0.15, 0.2) is 24.3 Å². The van der Waals surface area contributed by atoms with E-state index in [1.54, 1.807) is 31.4 Å². The van der Waals surface area contributed by atoms with Crippen LogP contribution in [0.4, 0.5) is 0 Å². The molecule has 10 nitrogen and oxygen atoms in total. The summed E-state index contributed by atoms with van der Waals surface area (Å²) in [6, 6.07) is 7.08. The van der Waals surface area contributed by atoms with Crippen molar-refractivity contribution in [1.29, 1.82) is 0 Å². The van der Waals surface area contributed by atoms with Gasteiger partial charge in [0.2, 0.25) is 4.96 Å². The molecule has 0 radical (unpaired) electrons. The summed E-state index contributed by atoms with van der Waals surface area (Å²) in [6.07, 6.45) is -6.61. The smallest absolute Gasteiger partial charge is 0.235 e. The summed E-state index contributed by atoms with van der Waals surface area (Å²) in [5.74, 6) is 1.12. The molecule has 4 atom stereocenters. The van der Waals surface area contributed by atoms with Crippen LogP contribution in [0.2, 0.25) is 0 Å². The van der Waals surface area contributed by atoms with E-state index in [4.69, 9.17) is 9.84 Å². The zero-order chi connectivity index (χ0) is 18.8. The number of aliphatic hydroxyl groups excluding tert-OH is 5. The van der Waals surface area contributed by atoms with Crippen LogP contribution in [-0.2, 0) is 0 Å². The van der Waals surface area contributed by atoms with Crippen LogP contribution in [0.25, 0.3) is 16.3 Å². The summed E-state index contributed by atoms with van der Waals surface area (Å²) in [6.45, 7) is -0.752. The normalized spacial score (nSPS) is 16.4. The number of aromatic nitrogens is 4. The second-order valence-corrected chi connectivity index (χ2v) is 6.55. The molecule has 0 spiro atoms. The Morgan fingerprint density at radius 3 is 2.38 bits per heavy atom. The van der Waals surface area contributed by atoms with Crippen molar-refractivity contribution < 1.29 is 30.3 Å². The van der Waals surface area contributed by atoms with Crippen LogP contribution >= 0.6 is 11.3 Å². The number of nitrogens with zero attached hydrogens (tertiary/aromatic N) is 4. The molecule has 0 aliphatic rings. The van der Waals surface area contributed by atoms with Crippen molar-refractivity contribution >= 4 is 16.3 Å². The molecule has 3 aromatic rings. The first kappa shape index (κ1) is 18.6. The summed E-state index contributed by atoms with van der Waals surface area (Å²) in [5.41, 5.74) is 0.723. The molecule has 0 aliphatic heterocycles. The van der Waals surface area contributed by atoms with Crippen molar-refractivity contribution in [2.24, 2.45) is 0 Å². The van der Waals surface area contributed by atoms with Crippen LogP contribution in [0.1, 0.15) is 11.1 Å². The number of fused-ring (bicyclic) bond motifs is 1. The van der Waals surface area contributed by atoms with E-state index in [1.165, 1.54) is 4.52 Å². The van der Waals surface area contributed by atoms with Gasteiger partial charge in [0.15, 0.2) is 5.82 Å². The van der Waals surface area contributed by atoms with Crippen LogP contribution in [0.5, 0.6) is 5.75 Å². The summed E-state index contributed by atoms with van der Waals surface area (Å²) >= 11 is 0.982. The first-order valence-corrected chi connectivity index (χ1v) is 8.47. The third-order valence-electron chi connectivity index (χ3n) is 3.86. The fraction of sp³-hybridized carbons (Fsp3) is 0.400. The van der Waals surface area contributed by atoms with E-state index in [1.807, 2.05) is 0 Å². The van der Waals surface area contributed by atoms with Gasteiger partial charge in [0.25, 0.3) is 0 Å². The molecule has 0 aliphatic carbocycles. The second kappa shape index (κ2) is 7.61. The summed E-state index contributed by atoms with van der Waals surface area (Å²) in [4.78, 5) is 0.384. The number of benzene rings is 1. The quantitative estimate of drug-likeness (QED) is 0.345. The Balaban J connectivity index is 1.89. The molecule has 26 heavy (non-hydrogen) atoms. The average Bonchev–Trinajstić information content (AvgIpc) is 3.26. The lowest BCUT2D eigenvalue weighted by Crippen LogP contribution is -2.42. The van der Waals surface area contributed by atoms with Gasteiger partial charge in [0, 0.05) is 5.56 Å². The third-order valence-corrected chi connectivity index (χ3v) is 4.83. The largest absolute Gasteiger partial charge is 0.497 e. The maximum absolute atomic E-state index is 10.2. The van der Waals surface area contributed by atoms with Crippen LogP contribution in [-0.4, -0.2) is 77.4 Å². The Labute approximate surface area is 151 Å². The Morgan fingerprint density at radius 1 is 1.08 bits per heavy atom. The summed E-state index contributed by atoms with van der Waals surface area (Å²) in [7, 11) is 1.56. The first-order chi connectivity index (χ1) is 12.5. The molecule has 0 unspecified atom stereocenters. The van der Waals surface area contributed by atoms with Crippen molar-refractivity contribution in [3.05, 3.63) is 29.3 Å². The van der Waals surface area contributed by atoms with Crippen LogP contribution in [0.3, 0.4) is 0 Å². The van der Waals surface area contributed by atoms with Crippen molar-refractivity contribution in [2.75, 3.05) is 13.7 Å². The highest BCUT2D eigenvalue weighted by Gasteiger charge is 2.33. The van der Waals surface area contributed by atoms with Gasteiger partial charge in [-0.3, -0.25) is 0 Å². The molecule has 11 heteroatoms. The molecular formula is C15H18N4O6S. The standard InChI is InChI=1S/C15H18N4O6S/c1-25-8-4-2-7(3-5-8)13-16-17-15-19(13)18-14(26-15)12(24)11(23)10(22)9(21)6-20/h2-5,9-12,20-24H,6H2,1H3/t9-,10-,11+,12-/m1/s1. The van der Waals surface area contributed by atoms with Crippen LogP contribution < -0.4 is 4.74 Å². The molecule has 1 aromatic carbocycles. The van der Waals surface area contributed by atoms with E-state index in [0.717, 1.165) is 16.9 Å². The molecule has 2 aromatic heterocycles. The molecule has 0 bridgehead atoms. The zero-order valence-electron chi connectivity index (χ0n) is 13.7. The maximum atomic E-state index is 10.2. The molecule has 0 amide bonds.